The molecule has 1 aromatic rings. The van der Waals surface area contributed by atoms with Crippen LogP contribution in [-0.4, -0.2) is 54.2 Å². The predicted octanol–water partition coefficient (Wildman–Crippen LogP) is 2.18. The zero-order valence-electron chi connectivity index (χ0n) is 12.5. The predicted molar refractivity (Wildman–Crippen MR) is 84.0 cm³/mol. The minimum absolute atomic E-state index is 0.00505. The van der Waals surface area contributed by atoms with Crippen molar-refractivity contribution in [1.82, 2.24) is 9.88 Å². The first-order valence-electron chi connectivity index (χ1n) is 7.29. The van der Waals surface area contributed by atoms with Crippen molar-refractivity contribution in [2.24, 2.45) is 0 Å². The van der Waals surface area contributed by atoms with E-state index in [2.05, 4.69) is 4.98 Å². The van der Waals surface area contributed by atoms with Gasteiger partial charge in [-0.05, 0) is 25.0 Å². The Kier molecular flexibility index (Phi) is 5.42. The number of aliphatic hydroxyl groups excluding tert-OH is 1. The smallest absolute Gasteiger partial charge is 0.254 e. The molecular formula is C15H22ClN3O2. The van der Waals surface area contributed by atoms with Gasteiger partial charge in [0.05, 0.1) is 12.6 Å². The summed E-state index contributed by atoms with van der Waals surface area (Å²) in [4.78, 5) is 20.5. The number of rotatable bonds is 3. The van der Waals surface area contributed by atoms with Crippen molar-refractivity contribution < 1.29 is 9.90 Å². The van der Waals surface area contributed by atoms with Crippen LogP contribution in [0.2, 0.25) is 5.15 Å². The molecule has 0 aliphatic carbocycles. The number of anilines is 1. The number of amides is 1. The molecule has 5 nitrogen and oxygen atoms in total. The van der Waals surface area contributed by atoms with Gasteiger partial charge in [-0.1, -0.05) is 24.4 Å². The maximum absolute atomic E-state index is 12.8. The van der Waals surface area contributed by atoms with Crippen LogP contribution in [0.5, 0.6) is 0 Å². The second kappa shape index (κ2) is 7.09. The van der Waals surface area contributed by atoms with Gasteiger partial charge in [0.1, 0.15) is 11.0 Å². The molecule has 1 saturated heterocycles. The monoisotopic (exact) mass is 311 g/mol. The minimum atomic E-state index is -0.102. The molecule has 2 heterocycles. The van der Waals surface area contributed by atoms with E-state index in [1.54, 1.807) is 17.0 Å². The van der Waals surface area contributed by atoms with Gasteiger partial charge in [-0.2, -0.15) is 0 Å². The number of likely N-dealkylation sites (tertiary alicyclic amines) is 1. The molecule has 1 unspecified atom stereocenters. The van der Waals surface area contributed by atoms with E-state index in [9.17, 15) is 9.90 Å². The highest BCUT2D eigenvalue weighted by molar-refractivity contribution is 6.29. The fourth-order valence-corrected chi connectivity index (χ4v) is 2.84. The minimum Gasteiger partial charge on any atom is -0.394 e. The fourth-order valence-electron chi connectivity index (χ4n) is 2.64. The molecule has 1 aliphatic rings. The van der Waals surface area contributed by atoms with Gasteiger partial charge in [0.25, 0.3) is 5.91 Å². The van der Waals surface area contributed by atoms with Crippen molar-refractivity contribution in [3.63, 3.8) is 0 Å². The largest absolute Gasteiger partial charge is 0.394 e. The third kappa shape index (κ3) is 3.86. The Morgan fingerprint density at radius 3 is 2.86 bits per heavy atom. The summed E-state index contributed by atoms with van der Waals surface area (Å²) >= 11 is 6.02. The summed E-state index contributed by atoms with van der Waals surface area (Å²) in [7, 11) is 3.71. The number of aliphatic hydroxyl groups is 1. The lowest BCUT2D eigenvalue weighted by atomic mass is 10.1. The molecular weight excluding hydrogens is 290 g/mol. The highest BCUT2D eigenvalue weighted by Crippen LogP contribution is 2.22. The zero-order valence-corrected chi connectivity index (χ0v) is 13.3. The van der Waals surface area contributed by atoms with E-state index in [0.717, 1.165) is 25.7 Å². The second-order valence-electron chi connectivity index (χ2n) is 5.62. The Bertz CT molecular complexity index is 508. The Balaban J connectivity index is 2.29. The van der Waals surface area contributed by atoms with Crippen LogP contribution in [0.1, 0.15) is 36.0 Å². The zero-order chi connectivity index (χ0) is 15.4. The average Bonchev–Trinajstić information content (AvgIpc) is 2.70. The molecule has 0 radical (unpaired) electrons. The Morgan fingerprint density at radius 1 is 1.43 bits per heavy atom. The number of nitrogens with zero attached hydrogens (tertiary/aromatic N) is 3. The van der Waals surface area contributed by atoms with E-state index >= 15 is 0 Å². The highest BCUT2D eigenvalue weighted by Gasteiger charge is 2.26. The van der Waals surface area contributed by atoms with E-state index in [1.165, 1.54) is 0 Å². The van der Waals surface area contributed by atoms with Crippen LogP contribution >= 0.6 is 11.6 Å². The van der Waals surface area contributed by atoms with Crippen LogP contribution in [0.4, 0.5) is 5.82 Å². The number of hydrogen-bond donors (Lipinski definition) is 1. The molecule has 1 amide bonds. The van der Waals surface area contributed by atoms with Crippen molar-refractivity contribution in [1.29, 1.82) is 0 Å². The molecule has 0 saturated carbocycles. The lowest BCUT2D eigenvalue weighted by Gasteiger charge is -2.29. The van der Waals surface area contributed by atoms with Gasteiger partial charge in [0, 0.05) is 26.2 Å². The van der Waals surface area contributed by atoms with Crippen LogP contribution in [0.3, 0.4) is 0 Å². The van der Waals surface area contributed by atoms with Gasteiger partial charge >= 0.3 is 0 Å². The van der Waals surface area contributed by atoms with Gasteiger partial charge in [-0.15, -0.1) is 0 Å². The summed E-state index contributed by atoms with van der Waals surface area (Å²) in [5.74, 6) is 0.574. The SMILES string of the molecule is CN(C)c1cc(C(=O)N2CCCCCC2CO)cc(Cl)n1. The van der Waals surface area contributed by atoms with E-state index in [4.69, 9.17) is 11.6 Å². The first kappa shape index (κ1) is 16.0. The molecule has 6 heteroatoms. The van der Waals surface area contributed by atoms with Crippen molar-refractivity contribution >= 4 is 23.3 Å². The first-order valence-corrected chi connectivity index (χ1v) is 7.67. The number of pyridine rings is 1. The van der Waals surface area contributed by atoms with Crippen LogP contribution < -0.4 is 4.90 Å². The van der Waals surface area contributed by atoms with Gasteiger partial charge < -0.3 is 14.9 Å². The number of hydrogen-bond acceptors (Lipinski definition) is 4. The molecule has 1 atom stereocenters. The molecule has 1 aromatic heterocycles. The summed E-state index contributed by atoms with van der Waals surface area (Å²) in [6, 6.07) is 3.23. The van der Waals surface area contributed by atoms with Crippen molar-refractivity contribution in [3.05, 3.63) is 22.8 Å². The van der Waals surface area contributed by atoms with Crippen LogP contribution in [0.25, 0.3) is 0 Å². The molecule has 1 fully saturated rings. The van der Waals surface area contributed by atoms with Crippen molar-refractivity contribution in [2.45, 2.75) is 31.7 Å². The second-order valence-corrected chi connectivity index (χ2v) is 6.00. The lowest BCUT2D eigenvalue weighted by Crippen LogP contribution is -2.42. The first-order chi connectivity index (χ1) is 10.0. The maximum Gasteiger partial charge on any atom is 0.254 e. The van der Waals surface area contributed by atoms with E-state index in [1.807, 2.05) is 19.0 Å². The van der Waals surface area contributed by atoms with E-state index in [0.29, 0.717) is 23.1 Å². The summed E-state index contributed by atoms with van der Waals surface area (Å²) in [6.45, 7) is 0.687. The molecule has 1 aliphatic heterocycles. The Labute approximate surface area is 130 Å². The molecule has 0 bridgehead atoms. The number of aromatic nitrogens is 1. The van der Waals surface area contributed by atoms with Crippen LogP contribution in [-0.2, 0) is 0 Å². The van der Waals surface area contributed by atoms with Gasteiger partial charge in [0.15, 0.2) is 0 Å². The number of carbonyl (C=O) groups excluding carboxylic acids is 1. The topological polar surface area (TPSA) is 56.7 Å². The summed E-state index contributed by atoms with van der Waals surface area (Å²) in [6.07, 6.45) is 3.97. The van der Waals surface area contributed by atoms with Crippen molar-refractivity contribution in [2.75, 3.05) is 32.1 Å². The fraction of sp³-hybridized carbons (Fsp3) is 0.600. The number of carbonyl (C=O) groups is 1. The van der Waals surface area contributed by atoms with Crippen molar-refractivity contribution in [3.8, 4) is 0 Å². The van der Waals surface area contributed by atoms with Gasteiger partial charge in [-0.25, -0.2) is 4.98 Å². The Morgan fingerprint density at radius 2 is 2.19 bits per heavy atom. The molecule has 21 heavy (non-hydrogen) atoms. The Hall–Kier alpha value is -1.33. The van der Waals surface area contributed by atoms with Gasteiger partial charge in [-0.3, -0.25) is 4.79 Å². The molecule has 0 aromatic carbocycles. The summed E-state index contributed by atoms with van der Waals surface area (Å²) in [5.41, 5.74) is 0.527. The lowest BCUT2D eigenvalue weighted by molar-refractivity contribution is 0.0599. The average molecular weight is 312 g/mol. The van der Waals surface area contributed by atoms with Crippen LogP contribution in [0, 0.1) is 0 Å². The third-order valence-corrected chi connectivity index (χ3v) is 4.03. The summed E-state index contributed by atoms with van der Waals surface area (Å²) < 4.78 is 0. The number of halogens is 1. The molecule has 116 valence electrons. The summed E-state index contributed by atoms with van der Waals surface area (Å²) in [5, 5.41) is 9.84. The molecule has 0 spiro atoms. The maximum atomic E-state index is 12.8. The molecule has 1 N–H and O–H groups in total. The highest BCUT2D eigenvalue weighted by atomic mass is 35.5. The molecule has 2 rings (SSSR count). The quantitative estimate of drug-likeness (QED) is 0.869. The standard InChI is InChI=1S/C15H22ClN3O2/c1-18(2)14-9-11(8-13(16)17-14)15(21)19-7-5-3-4-6-12(19)10-20/h8-9,12,20H,3-7,10H2,1-2H3. The normalized spacial score (nSPS) is 19.2. The third-order valence-electron chi connectivity index (χ3n) is 3.83. The van der Waals surface area contributed by atoms with E-state index < -0.39 is 0 Å². The van der Waals surface area contributed by atoms with E-state index in [-0.39, 0.29) is 18.6 Å². The van der Waals surface area contributed by atoms with Crippen LogP contribution in [0.15, 0.2) is 12.1 Å². The van der Waals surface area contributed by atoms with Gasteiger partial charge in [0.2, 0.25) is 0 Å².